The first-order chi connectivity index (χ1) is 16.8. The molecule has 35 heavy (non-hydrogen) atoms. The van der Waals surface area contributed by atoms with Gasteiger partial charge in [0.2, 0.25) is 0 Å². The fourth-order valence-corrected chi connectivity index (χ4v) is 3.71. The molecule has 9 nitrogen and oxygen atoms in total. The van der Waals surface area contributed by atoms with E-state index in [0.717, 1.165) is 19.3 Å². The van der Waals surface area contributed by atoms with Gasteiger partial charge in [-0.2, -0.15) is 5.10 Å². The zero-order chi connectivity index (χ0) is 25.5. The van der Waals surface area contributed by atoms with Crippen LogP contribution in [-0.4, -0.2) is 44.7 Å². The van der Waals surface area contributed by atoms with Crippen LogP contribution in [0.5, 0.6) is 5.75 Å². The van der Waals surface area contributed by atoms with Crippen molar-refractivity contribution in [2.75, 3.05) is 13.2 Å². The number of carbonyl (C=O) groups excluding carboxylic acids is 2. The molecule has 1 unspecified atom stereocenters. The predicted octanol–water partition coefficient (Wildman–Crippen LogP) is 4.32. The van der Waals surface area contributed by atoms with E-state index in [9.17, 15) is 14.4 Å². The van der Waals surface area contributed by atoms with Crippen LogP contribution < -0.4 is 10.3 Å². The molecular weight excluding hydrogens is 448 g/mol. The summed E-state index contributed by atoms with van der Waals surface area (Å²) in [5.74, 6) is -0.0511. The Morgan fingerprint density at radius 3 is 2.57 bits per heavy atom. The normalized spacial score (nSPS) is 12.0. The molecule has 1 aromatic carbocycles. The second-order valence-corrected chi connectivity index (χ2v) is 8.63. The van der Waals surface area contributed by atoms with Crippen molar-refractivity contribution in [3.8, 4) is 17.1 Å². The summed E-state index contributed by atoms with van der Waals surface area (Å²) in [4.78, 5) is 45.2. The van der Waals surface area contributed by atoms with Crippen LogP contribution in [0.1, 0.15) is 69.9 Å². The van der Waals surface area contributed by atoms with E-state index in [1.807, 2.05) is 20.8 Å². The number of ether oxygens (including phenoxy) is 2. The van der Waals surface area contributed by atoms with E-state index in [-0.39, 0.29) is 23.9 Å². The zero-order valence-electron chi connectivity index (χ0n) is 21.1. The van der Waals surface area contributed by atoms with Gasteiger partial charge in [0.25, 0.3) is 5.56 Å². The van der Waals surface area contributed by atoms with Gasteiger partial charge < -0.3 is 14.5 Å². The topological polar surface area (TPSA) is 116 Å². The number of benzene rings is 1. The quantitative estimate of drug-likeness (QED) is 0.232. The summed E-state index contributed by atoms with van der Waals surface area (Å²) in [6.45, 7) is 10.3. The molecule has 0 amide bonds. The SMILES string of the molecule is CCCCOC(=O)C(C)Cn1nc(CC)c2nc(-c3cc(C(C)=O)ccc3OCCC)[nH]c(=O)c21. The van der Waals surface area contributed by atoms with E-state index in [1.54, 1.807) is 25.1 Å². The fourth-order valence-electron chi connectivity index (χ4n) is 3.71. The van der Waals surface area contributed by atoms with Crippen molar-refractivity contribution in [1.82, 2.24) is 19.7 Å². The van der Waals surface area contributed by atoms with Crippen LogP contribution in [0.15, 0.2) is 23.0 Å². The lowest BCUT2D eigenvalue weighted by atomic mass is 10.1. The molecule has 2 heterocycles. The second kappa shape index (κ2) is 11.8. The smallest absolute Gasteiger partial charge is 0.310 e. The van der Waals surface area contributed by atoms with Gasteiger partial charge in [0.05, 0.1) is 36.9 Å². The van der Waals surface area contributed by atoms with Gasteiger partial charge in [-0.3, -0.25) is 19.1 Å². The third-order valence-electron chi connectivity index (χ3n) is 5.70. The summed E-state index contributed by atoms with van der Waals surface area (Å²) >= 11 is 0. The summed E-state index contributed by atoms with van der Waals surface area (Å²) in [7, 11) is 0. The van der Waals surface area contributed by atoms with Crippen LogP contribution >= 0.6 is 0 Å². The lowest BCUT2D eigenvalue weighted by Gasteiger charge is -2.13. The number of carbonyl (C=O) groups is 2. The molecule has 0 saturated heterocycles. The molecule has 9 heteroatoms. The van der Waals surface area contributed by atoms with E-state index >= 15 is 0 Å². The molecule has 0 bridgehead atoms. The number of unbranched alkanes of at least 4 members (excludes halogenated alkanes) is 1. The number of Topliss-reactive ketones (excluding diaryl/α,β-unsaturated/α-hetero) is 1. The van der Waals surface area contributed by atoms with Crippen LogP contribution in [0, 0.1) is 5.92 Å². The van der Waals surface area contributed by atoms with Crippen molar-refractivity contribution in [2.45, 2.75) is 66.8 Å². The minimum atomic E-state index is -0.472. The van der Waals surface area contributed by atoms with Crippen molar-refractivity contribution >= 4 is 22.8 Å². The first-order valence-corrected chi connectivity index (χ1v) is 12.2. The molecule has 1 atom stereocenters. The molecular formula is C26H34N4O5. The Kier molecular flexibility index (Phi) is 8.78. The summed E-state index contributed by atoms with van der Waals surface area (Å²) in [5, 5.41) is 4.58. The number of aryl methyl sites for hydroxylation is 1. The summed E-state index contributed by atoms with van der Waals surface area (Å²) < 4.78 is 12.7. The lowest BCUT2D eigenvalue weighted by molar-refractivity contribution is -0.148. The number of ketones is 1. The number of H-pyrrole nitrogens is 1. The molecule has 3 rings (SSSR count). The van der Waals surface area contributed by atoms with Crippen molar-refractivity contribution in [2.24, 2.45) is 5.92 Å². The van der Waals surface area contributed by atoms with Crippen molar-refractivity contribution in [1.29, 1.82) is 0 Å². The number of nitrogens with one attached hydrogen (secondary N) is 1. The number of esters is 1. The van der Waals surface area contributed by atoms with E-state index in [2.05, 4.69) is 10.1 Å². The highest BCUT2D eigenvalue weighted by Crippen LogP contribution is 2.30. The highest BCUT2D eigenvalue weighted by molar-refractivity contribution is 5.95. The Hall–Kier alpha value is -3.49. The van der Waals surface area contributed by atoms with Gasteiger partial charge >= 0.3 is 5.97 Å². The van der Waals surface area contributed by atoms with Crippen LogP contribution in [0.25, 0.3) is 22.4 Å². The number of aromatic amines is 1. The van der Waals surface area contributed by atoms with Crippen LogP contribution in [0.2, 0.25) is 0 Å². The maximum Gasteiger partial charge on any atom is 0.310 e. The Bertz CT molecular complexity index is 1260. The third-order valence-corrected chi connectivity index (χ3v) is 5.70. The molecule has 0 saturated carbocycles. The Morgan fingerprint density at radius 2 is 1.91 bits per heavy atom. The predicted molar refractivity (Wildman–Crippen MR) is 134 cm³/mol. The summed E-state index contributed by atoms with van der Waals surface area (Å²) in [5.41, 5.74) is 2.07. The third kappa shape index (κ3) is 5.96. The zero-order valence-corrected chi connectivity index (χ0v) is 21.1. The van der Waals surface area contributed by atoms with Crippen LogP contribution in [0.3, 0.4) is 0 Å². The minimum Gasteiger partial charge on any atom is -0.493 e. The number of rotatable bonds is 12. The molecule has 0 spiro atoms. The Morgan fingerprint density at radius 1 is 1.14 bits per heavy atom. The molecule has 1 N–H and O–H groups in total. The fraction of sp³-hybridized carbons (Fsp3) is 0.500. The number of hydrogen-bond acceptors (Lipinski definition) is 7. The molecule has 0 radical (unpaired) electrons. The number of fused-ring (bicyclic) bond motifs is 1. The van der Waals surface area contributed by atoms with E-state index < -0.39 is 5.92 Å². The number of hydrogen-bond donors (Lipinski definition) is 1. The van der Waals surface area contributed by atoms with Crippen molar-refractivity contribution < 1.29 is 19.1 Å². The van der Waals surface area contributed by atoms with Crippen LogP contribution in [-0.2, 0) is 22.5 Å². The maximum absolute atomic E-state index is 13.2. The maximum atomic E-state index is 13.2. The average molecular weight is 483 g/mol. The molecule has 0 aliphatic rings. The van der Waals surface area contributed by atoms with Gasteiger partial charge in [-0.05, 0) is 44.4 Å². The molecule has 0 aliphatic heterocycles. The van der Waals surface area contributed by atoms with Gasteiger partial charge in [-0.25, -0.2) is 4.98 Å². The molecule has 3 aromatic rings. The second-order valence-electron chi connectivity index (χ2n) is 8.63. The molecule has 2 aromatic heterocycles. The minimum absolute atomic E-state index is 0.0985. The largest absolute Gasteiger partial charge is 0.493 e. The molecule has 188 valence electrons. The Labute approximate surface area is 204 Å². The van der Waals surface area contributed by atoms with Gasteiger partial charge in [0, 0.05) is 5.56 Å². The monoisotopic (exact) mass is 482 g/mol. The van der Waals surface area contributed by atoms with Gasteiger partial charge in [-0.15, -0.1) is 0 Å². The highest BCUT2D eigenvalue weighted by atomic mass is 16.5. The van der Waals surface area contributed by atoms with E-state index in [4.69, 9.17) is 14.5 Å². The summed E-state index contributed by atoms with van der Waals surface area (Å²) in [6, 6.07) is 5.10. The molecule has 0 aliphatic carbocycles. The van der Waals surface area contributed by atoms with E-state index in [1.165, 1.54) is 11.6 Å². The van der Waals surface area contributed by atoms with Crippen molar-refractivity contribution in [3.05, 3.63) is 39.8 Å². The summed E-state index contributed by atoms with van der Waals surface area (Å²) in [6.07, 6.45) is 3.11. The first kappa shape index (κ1) is 26.1. The molecule has 0 fully saturated rings. The standard InChI is InChI=1S/C26H34N4O5/c1-6-9-13-35-26(33)16(4)15-30-23-22(20(8-3)29-30)27-24(28-25(23)32)19-14-18(17(5)31)10-11-21(19)34-12-7-2/h10-11,14,16H,6-9,12-13,15H2,1-5H3,(H,27,28,32). The van der Waals surface area contributed by atoms with E-state index in [0.29, 0.717) is 59.1 Å². The van der Waals surface area contributed by atoms with Gasteiger partial charge in [0.1, 0.15) is 17.1 Å². The van der Waals surface area contributed by atoms with Crippen molar-refractivity contribution in [3.63, 3.8) is 0 Å². The Balaban J connectivity index is 2.05. The van der Waals surface area contributed by atoms with Gasteiger partial charge in [0.15, 0.2) is 11.3 Å². The number of aromatic nitrogens is 4. The first-order valence-electron chi connectivity index (χ1n) is 12.2. The average Bonchev–Trinajstić information content (AvgIpc) is 3.20. The lowest BCUT2D eigenvalue weighted by Crippen LogP contribution is -2.23. The van der Waals surface area contributed by atoms with Gasteiger partial charge in [-0.1, -0.05) is 34.1 Å². The number of nitrogens with zero attached hydrogens (tertiary/aromatic N) is 3. The van der Waals surface area contributed by atoms with Crippen LogP contribution in [0.4, 0.5) is 0 Å². The highest BCUT2D eigenvalue weighted by Gasteiger charge is 2.22.